The van der Waals surface area contributed by atoms with E-state index in [1.165, 1.54) is 0 Å². The molecule has 0 fully saturated rings. The minimum absolute atomic E-state index is 0. The molecule has 0 aromatic carbocycles. The molecule has 0 aliphatic rings. The summed E-state index contributed by atoms with van der Waals surface area (Å²) in [5.74, 6) is 0. The van der Waals surface area contributed by atoms with Gasteiger partial charge in [-0.1, -0.05) is 0 Å². The Morgan fingerprint density at radius 2 is 0.600 bits per heavy atom. The van der Waals surface area contributed by atoms with E-state index < -0.39 is 0 Å². The van der Waals surface area contributed by atoms with Gasteiger partial charge in [-0.3, -0.25) is 0 Å². The van der Waals surface area contributed by atoms with E-state index in [-0.39, 0.29) is 63.1 Å². The van der Waals surface area contributed by atoms with Crippen molar-refractivity contribution in [2.45, 2.75) is 0 Å². The summed E-state index contributed by atoms with van der Waals surface area (Å²) in [4.78, 5) is 0. The SMILES string of the molecule is [Mn+2].[Na+].[OH-].[OH-].[OH-]. The number of hydrogen-bond donors (Lipinski definition) is 0. The van der Waals surface area contributed by atoms with E-state index in [9.17, 15) is 0 Å². The van der Waals surface area contributed by atoms with Crippen LogP contribution in [0, 0.1) is 0 Å². The third-order valence-corrected chi connectivity index (χ3v) is 0. The van der Waals surface area contributed by atoms with Crippen LogP contribution in [0.1, 0.15) is 0 Å². The van der Waals surface area contributed by atoms with Gasteiger partial charge in [0, 0.05) is 0 Å². The second-order valence-corrected chi connectivity index (χ2v) is 0. The molecule has 3 N–H and O–H groups in total. The average Bonchev–Trinajstić information content (AvgIpc) is 0. The molecule has 0 saturated carbocycles. The molecule has 0 spiro atoms. The van der Waals surface area contributed by atoms with Gasteiger partial charge in [0.15, 0.2) is 0 Å². The van der Waals surface area contributed by atoms with Gasteiger partial charge in [-0.25, -0.2) is 0 Å². The second kappa shape index (κ2) is 53.4. The van der Waals surface area contributed by atoms with Crippen LogP contribution in [0.4, 0.5) is 0 Å². The van der Waals surface area contributed by atoms with Crippen LogP contribution in [0.25, 0.3) is 0 Å². The minimum Gasteiger partial charge on any atom is -0.870 e. The molecule has 0 saturated heterocycles. The van der Waals surface area contributed by atoms with Gasteiger partial charge in [0.25, 0.3) is 0 Å². The van der Waals surface area contributed by atoms with Gasteiger partial charge >= 0.3 is 46.6 Å². The van der Waals surface area contributed by atoms with Crippen molar-refractivity contribution in [2.24, 2.45) is 0 Å². The van der Waals surface area contributed by atoms with E-state index in [0.717, 1.165) is 0 Å². The van der Waals surface area contributed by atoms with Crippen LogP contribution >= 0.6 is 0 Å². The molecular weight excluding hydrogens is 126 g/mol. The Hall–Kier alpha value is 1.40. The van der Waals surface area contributed by atoms with Gasteiger partial charge in [-0.2, -0.15) is 0 Å². The van der Waals surface area contributed by atoms with Crippen LogP contribution in [-0.2, 0) is 17.1 Å². The summed E-state index contributed by atoms with van der Waals surface area (Å²) in [6.07, 6.45) is 0. The molecule has 0 atom stereocenters. The van der Waals surface area contributed by atoms with E-state index >= 15 is 0 Å². The number of hydrogen-bond acceptors (Lipinski definition) is 3. The first-order valence-electron chi connectivity index (χ1n) is 0. The minimum atomic E-state index is 0. The fraction of sp³-hybridized carbons (Fsp3) is 0. The summed E-state index contributed by atoms with van der Waals surface area (Å²) in [6.45, 7) is 0. The topological polar surface area (TPSA) is 90.0 Å². The van der Waals surface area contributed by atoms with Crippen LogP contribution in [0.2, 0.25) is 0 Å². The Morgan fingerprint density at radius 1 is 0.600 bits per heavy atom. The van der Waals surface area contributed by atoms with E-state index in [2.05, 4.69) is 0 Å². The zero-order chi connectivity index (χ0) is 0. The van der Waals surface area contributed by atoms with E-state index in [1.54, 1.807) is 0 Å². The predicted molar refractivity (Wildman–Crippen MR) is 5.81 cm³/mol. The Labute approximate surface area is 62.8 Å². The molecule has 5 heteroatoms. The molecule has 1 radical (unpaired) electrons. The van der Waals surface area contributed by atoms with Gasteiger partial charge in [-0.15, -0.1) is 0 Å². The summed E-state index contributed by atoms with van der Waals surface area (Å²) < 4.78 is 0. The monoisotopic (exact) mass is 129 g/mol. The maximum atomic E-state index is 0. The third-order valence-electron chi connectivity index (χ3n) is 0. The van der Waals surface area contributed by atoms with Gasteiger partial charge in [0.05, 0.1) is 0 Å². The quantitative estimate of drug-likeness (QED) is 0.317. The van der Waals surface area contributed by atoms with Crippen molar-refractivity contribution in [3.05, 3.63) is 0 Å². The Bertz CT molecular complexity index is 6.85. The van der Waals surface area contributed by atoms with Gasteiger partial charge in [-0.05, 0) is 0 Å². The standard InChI is InChI=1S/Mn.Na.3H2O/h;;3*1H2/q+2;+1;;;/p-3. The van der Waals surface area contributed by atoms with Crippen molar-refractivity contribution < 1.29 is 63.1 Å². The van der Waals surface area contributed by atoms with E-state index in [4.69, 9.17) is 0 Å². The Morgan fingerprint density at radius 3 is 0.600 bits per heavy atom. The fourth-order valence-electron chi connectivity index (χ4n) is 0. The van der Waals surface area contributed by atoms with Crippen LogP contribution in [-0.4, -0.2) is 16.4 Å². The number of rotatable bonds is 0. The summed E-state index contributed by atoms with van der Waals surface area (Å²) in [5.41, 5.74) is 0. The van der Waals surface area contributed by atoms with Crippen molar-refractivity contribution in [1.82, 2.24) is 0 Å². The maximum Gasteiger partial charge on any atom is 2.00 e. The van der Waals surface area contributed by atoms with Crippen molar-refractivity contribution in [1.29, 1.82) is 0 Å². The molecule has 0 amide bonds. The molecule has 0 heterocycles. The van der Waals surface area contributed by atoms with Crippen molar-refractivity contribution >= 4 is 0 Å². The van der Waals surface area contributed by atoms with Gasteiger partial charge in [0.1, 0.15) is 0 Å². The Kier molecular flexibility index (Phi) is 1020. The summed E-state index contributed by atoms with van der Waals surface area (Å²) in [7, 11) is 0. The van der Waals surface area contributed by atoms with Crippen molar-refractivity contribution in [3.8, 4) is 0 Å². The van der Waals surface area contributed by atoms with Crippen molar-refractivity contribution in [2.75, 3.05) is 0 Å². The molecule has 0 aromatic rings. The van der Waals surface area contributed by atoms with Crippen LogP contribution in [0.15, 0.2) is 0 Å². The molecule has 29 valence electrons. The first kappa shape index (κ1) is 95.3. The first-order chi connectivity index (χ1) is 0. The molecule has 0 unspecified atom stereocenters. The van der Waals surface area contributed by atoms with E-state index in [0.29, 0.717) is 0 Å². The second-order valence-electron chi connectivity index (χ2n) is 0. The summed E-state index contributed by atoms with van der Waals surface area (Å²) in [6, 6.07) is 0. The third kappa shape index (κ3) is 31.9. The first-order valence-corrected chi connectivity index (χ1v) is 0. The fourth-order valence-corrected chi connectivity index (χ4v) is 0. The molecule has 0 aliphatic heterocycles. The average molecular weight is 129 g/mol. The predicted octanol–water partition coefficient (Wildman–Crippen LogP) is -3.53. The zero-order valence-electron chi connectivity index (χ0n) is 2.72. The molecule has 0 aromatic heterocycles. The van der Waals surface area contributed by atoms with Gasteiger partial charge in [0.2, 0.25) is 0 Å². The molecular formula is H3MnNaO3. The molecule has 0 rings (SSSR count). The Balaban J connectivity index is 0. The summed E-state index contributed by atoms with van der Waals surface area (Å²) >= 11 is 0. The van der Waals surface area contributed by atoms with E-state index in [1.807, 2.05) is 0 Å². The molecule has 0 aliphatic carbocycles. The zero-order valence-corrected chi connectivity index (χ0v) is 5.90. The van der Waals surface area contributed by atoms with Crippen LogP contribution < -0.4 is 29.6 Å². The molecule has 0 bridgehead atoms. The molecule has 3 nitrogen and oxygen atoms in total. The largest absolute Gasteiger partial charge is 2.00 e. The van der Waals surface area contributed by atoms with Crippen LogP contribution in [0.3, 0.4) is 0 Å². The summed E-state index contributed by atoms with van der Waals surface area (Å²) in [5, 5.41) is 0. The molecule has 5 heavy (non-hydrogen) atoms. The smallest absolute Gasteiger partial charge is 0.870 e. The van der Waals surface area contributed by atoms with Gasteiger partial charge < -0.3 is 16.4 Å². The van der Waals surface area contributed by atoms with Crippen molar-refractivity contribution in [3.63, 3.8) is 0 Å². The normalized spacial score (nSPS) is 0. The van der Waals surface area contributed by atoms with Crippen LogP contribution in [0.5, 0.6) is 0 Å². The maximum absolute atomic E-state index is 0.